The van der Waals surface area contributed by atoms with Crippen molar-refractivity contribution < 1.29 is 45.4 Å². The molecular weight excluding hydrogens is 404 g/mol. The van der Waals surface area contributed by atoms with E-state index in [4.69, 9.17) is 9.66 Å². The molecule has 140 valence electrons. The number of carbonyl (C=O) groups is 3. The second kappa shape index (κ2) is 5.79. The first kappa shape index (κ1) is 18.8. The quantitative estimate of drug-likeness (QED) is 0.517. The lowest BCUT2D eigenvalue weighted by atomic mass is 9.83. The highest BCUT2D eigenvalue weighted by molar-refractivity contribution is 7.86. The van der Waals surface area contributed by atoms with Gasteiger partial charge >= 0.3 is 5.97 Å². The number of fused-ring (bicyclic) bond motifs is 2. The zero-order chi connectivity index (χ0) is 20.3. The average molecular weight is 412 g/mol. The minimum Gasteiger partial charge on any atom is -0.478 e. The van der Waals surface area contributed by atoms with E-state index in [9.17, 15) is 35.8 Å². The lowest BCUT2D eigenvalue weighted by Gasteiger charge is -2.19. The van der Waals surface area contributed by atoms with Crippen LogP contribution in [0.3, 0.4) is 0 Å². The van der Waals surface area contributed by atoms with Gasteiger partial charge in [0.25, 0.3) is 20.2 Å². The Kier molecular flexibility index (Phi) is 4.04. The van der Waals surface area contributed by atoms with Gasteiger partial charge in [-0.25, -0.2) is 4.79 Å². The zero-order valence-corrected chi connectivity index (χ0v) is 14.5. The van der Waals surface area contributed by atoms with Crippen LogP contribution in [0, 0.1) is 0 Å². The molecule has 0 fully saturated rings. The van der Waals surface area contributed by atoms with Gasteiger partial charge in [0, 0.05) is 22.3 Å². The van der Waals surface area contributed by atoms with Gasteiger partial charge in [-0.2, -0.15) is 16.8 Å². The van der Waals surface area contributed by atoms with E-state index >= 15 is 0 Å². The van der Waals surface area contributed by atoms with E-state index in [0.717, 1.165) is 18.2 Å². The van der Waals surface area contributed by atoms with E-state index in [2.05, 4.69) is 0 Å². The summed E-state index contributed by atoms with van der Waals surface area (Å²) in [5, 5.41) is 9.14. The number of ketones is 2. The second-order valence-corrected chi connectivity index (χ2v) is 8.33. The molecule has 2 aromatic rings. The summed E-state index contributed by atoms with van der Waals surface area (Å²) in [7, 11) is -9.69. The normalized spacial score (nSPS) is 13.9. The third kappa shape index (κ3) is 3.04. The Morgan fingerprint density at radius 2 is 1.26 bits per heavy atom. The summed E-state index contributed by atoms with van der Waals surface area (Å²) in [5.41, 5.74) is -2.57. The molecule has 0 saturated carbocycles. The molecule has 1 aliphatic carbocycles. The number of rotatable bonds is 3. The van der Waals surface area contributed by atoms with E-state index in [1.807, 2.05) is 0 Å². The van der Waals surface area contributed by atoms with Gasteiger partial charge in [-0.15, -0.1) is 0 Å². The minimum atomic E-state index is -5.01. The molecule has 0 atom stereocenters. The van der Waals surface area contributed by atoms with Crippen molar-refractivity contribution in [2.24, 2.45) is 0 Å². The zero-order valence-electron chi connectivity index (χ0n) is 12.9. The number of carboxylic acid groups (broad SMARTS) is 1. The lowest BCUT2D eigenvalue weighted by Crippen LogP contribution is -2.23. The van der Waals surface area contributed by atoms with Gasteiger partial charge < -0.3 is 5.11 Å². The number of aromatic carboxylic acids is 1. The fraction of sp³-hybridized carbons (Fsp3) is 0. The Balaban J connectivity index is 2.35. The van der Waals surface area contributed by atoms with Crippen LogP contribution in [0.1, 0.15) is 42.2 Å². The van der Waals surface area contributed by atoms with Crippen molar-refractivity contribution in [2.75, 3.05) is 0 Å². The molecule has 12 heteroatoms. The molecule has 10 nitrogen and oxygen atoms in total. The molecule has 0 bridgehead atoms. The molecule has 3 N–H and O–H groups in total. The molecule has 27 heavy (non-hydrogen) atoms. The maximum Gasteiger partial charge on any atom is 0.337 e. The highest BCUT2D eigenvalue weighted by Crippen LogP contribution is 2.32. The van der Waals surface area contributed by atoms with Crippen molar-refractivity contribution in [1.29, 1.82) is 0 Å². The SMILES string of the molecule is O=C1c2cc(S(=O)(=O)O)ccc2C(=O)c2cc(S(=O)(=O)O)c(C(=O)O)cc21. The molecule has 0 spiro atoms. The van der Waals surface area contributed by atoms with Crippen molar-refractivity contribution in [1.82, 2.24) is 0 Å². The highest BCUT2D eigenvalue weighted by Gasteiger charge is 2.34. The maximum absolute atomic E-state index is 12.6. The first-order valence-corrected chi connectivity index (χ1v) is 9.80. The fourth-order valence-electron chi connectivity index (χ4n) is 2.70. The van der Waals surface area contributed by atoms with Gasteiger partial charge in [-0.1, -0.05) is 0 Å². The summed E-state index contributed by atoms with van der Waals surface area (Å²) in [4.78, 5) is 34.8. The highest BCUT2D eigenvalue weighted by atomic mass is 32.2. The van der Waals surface area contributed by atoms with Crippen LogP contribution in [0.25, 0.3) is 0 Å². The van der Waals surface area contributed by atoms with Gasteiger partial charge in [0.15, 0.2) is 11.6 Å². The summed E-state index contributed by atoms with van der Waals surface area (Å²) in [6, 6.07) is 3.78. The van der Waals surface area contributed by atoms with E-state index in [1.165, 1.54) is 0 Å². The van der Waals surface area contributed by atoms with Crippen LogP contribution in [0.4, 0.5) is 0 Å². The Morgan fingerprint density at radius 1 is 0.741 bits per heavy atom. The molecule has 0 aromatic heterocycles. The number of carbonyl (C=O) groups excluding carboxylic acids is 2. The number of hydrogen-bond donors (Lipinski definition) is 3. The third-order valence-corrected chi connectivity index (χ3v) is 5.64. The predicted octanol–water partition coefficient (Wildman–Crippen LogP) is 0.654. The average Bonchev–Trinajstić information content (AvgIpc) is 2.56. The van der Waals surface area contributed by atoms with Crippen molar-refractivity contribution in [3.63, 3.8) is 0 Å². The molecule has 0 unspecified atom stereocenters. The number of hydrogen-bond acceptors (Lipinski definition) is 7. The van der Waals surface area contributed by atoms with E-state index in [-0.39, 0.29) is 5.56 Å². The van der Waals surface area contributed by atoms with Crippen LogP contribution in [0.15, 0.2) is 40.1 Å². The van der Waals surface area contributed by atoms with E-state index in [1.54, 1.807) is 0 Å². The fourth-order valence-corrected chi connectivity index (χ4v) is 3.89. The first-order chi connectivity index (χ1) is 12.3. The van der Waals surface area contributed by atoms with Crippen LogP contribution in [-0.4, -0.2) is 48.6 Å². The minimum absolute atomic E-state index is 0.274. The standard InChI is InChI=1S/C15H8O10S2/c16-13-7-2-1-6(26(20,21)22)3-8(7)14(17)9-4-11(15(18)19)12(5-10(9)13)27(23,24)25/h1-5H,(H,18,19)(H,20,21,22)(H,23,24,25). The molecule has 0 heterocycles. The maximum atomic E-state index is 12.6. The lowest BCUT2D eigenvalue weighted by molar-refractivity contribution is 0.0691. The monoisotopic (exact) mass is 412 g/mol. The van der Waals surface area contributed by atoms with Crippen LogP contribution in [-0.2, 0) is 20.2 Å². The van der Waals surface area contributed by atoms with Crippen LogP contribution in [0.2, 0.25) is 0 Å². The van der Waals surface area contributed by atoms with Crippen molar-refractivity contribution in [3.8, 4) is 0 Å². The molecule has 0 saturated heterocycles. The van der Waals surface area contributed by atoms with Gasteiger partial charge in [0.2, 0.25) is 0 Å². The van der Waals surface area contributed by atoms with Gasteiger partial charge in [0.05, 0.1) is 10.5 Å². The van der Waals surface area contributed by atoms with Crippen molar-refractivity contribution in [3.05, 3.63) is 58.1 Å². The Labute approximate surface area is 151 Å². The molecule has 0 amide bonds. The topological polar surface area (TPSA) is 180 Å². The van der Waals surface area contributed by atoms with Gasteiger partial charge in [-0.05, 0) is 30.3 Å². The smallest absolute Gasteiger partial charge is 0.337 e. The molecule has 1 aliphatic rings. The molecule has 0 aliphatic heterocycles. The predicted molar refractivity (Wildman–Crippen MR) is 86.3 cm³/mol. The number of carboxylic acids is 1. The van der Waals surface area contributed by atoms with E-state index < -0.39 is 69.8 Å². The molecule has 3 rings (SSSR count). The molecule has 0 radical (unpaired) electrons. The van der Waals surface area contributed by atoms with Crippen LogP contribution >= 0.6 is 0 Å². The Morgan fingerprint density at radius 3 is 1.78 bits per heavy atom. The Hall–Kier alpha value is -2.93. The molecule has 2 aromatic carbocycles. The summed E-state index contributed by atoms with van der Waals surface area (Å²) >= 11 is 0. The second-order valence-electron chi connectivity index (χ2n) is 5.51. The summed E-state index contributed by atoms with van der Waals surface area (Å²) in [5.74, 6) is -3.61. The van der Waals surface area contributed by atoms with Crippen LogP contribution in [0.5, 0.6) is 0 Å². The number of benzene rings is 2. The summed E-state index contributed by atoms with van der Waals surface area (Å²) in [6.07, 6.45) is 0. The van der Waals surface area contributed by atoms with Crippen molar-refractivity contribution >= 4 is 37.8 Å². The largest absolute Gasteiger partial charge is 0.478 e. The third-order valence-electron chi connectivity index (χ3n) is 3.90. The molecular formula is C15H8O10S2. The van der Waals surface area contributed by atoms with Crippen molar-refractivity contribution in [2.45, 2.75) is 9.79 Å². The van der Waals surface area contributed by atoms with Gasteiger partial charge in [-0.3, -0.25) is 18.7 Å². The van der Waals surface area contributed by atoms with Gasteiger partial charge in [0.1, 0.15) is 4.90 Å². The van der Waals surface area contributed by atoms with E-state index in [0.29, 0.717) is 12.1 Å². The summed E-state index contributed by atoms with van der Waals surface area (Å²) < 4.78 is 63.6. The van der Waals surface area contributed by atoms with Crippen LogP contribution < -0.4 is 0 Å². The Bertz CT molecular complexity index is 1270. The summed E-state index contributed by atoms with van der Waals surface area (Å²) in [6.45, 7) is 0. The first-order valence-electron chi connectivity index (χ1n) is 6.92.